The first kappa shape index (κ1) is 12.0. The fourth-order valence-corrected chi connectivity index (χ4v) is 2.30. The van der Waals surface area contributed by atoms with Gasteiger partial charge in [-0.1, -0.05) is 34.5 Å². The van der Waals surface area contributed by atoms with Crippen LogP contribution in [0.25, 0.3) is 0 Å². The highest BCUT2D eigenvalue weighted by Gasteiger charge is 2.41. The van der Waals surface area contributed by atoms with E-state index in [0.717, 1.165) is 17.3 Å². The van der Waals surface area contributed by atoms with Gasteiger partial charge in [-0.05, 0) is 31.5 Å². The van der Waals surface area contributed by atoms with E-state index in [1.807, 2.05) is 0 Å². The van der Waals surface area contributed by atoms with E-state index in [9.17, 15) is 8.78 Å². The zero-order valence-corrected chi connectivity index (χ0v) is 10.4. The summed E-state index contributed by atoms with van der Waals surface area (Å²) in [6, 6.07) is 5.57. The minimum atomic E-state index is -2.78. The van der Waals surface area contributed by atoms with E-state index in [1.54, 1.807) is 12.1 Å². The molecule has 0 aliphatic carbocycles. The molecule has 1 aromatic carbocycles. The highest BCUT2D eigenvalue weighted by molar-refractivity contribution is 9.10. The molecular formula is C12H14BrF2N. The molecule has 1 saturated heterocycles. The van der Waals surface area contributed by atoms with Crippen molar-refractivity contribution in [1.82, 2.24) is 5.32 Å². The van der Waals surface area contributed by atoms with Crippen LogP contribution in [-0.2, 0) is 5.92 Å². The van der Waals surface area contributed by atoms with Crippen molar-refractivity contribution >= 4 is 15.9 Å². The zero-order valence-electron chi connectivity index (χ0n) is 8.85. The number of alkyl halides is 2. The van der Waals surface area contributed by atoms with Crippen molar-refractivity contribution in [2.75, 3.05) is 6.54 Å². The van der Waals surface area contributed by atoms with Gasteiger partial charge in [-0.2, -0.15) is 8.78 Å². The van der Waals surface area contributed by atoms with E-state index in [1.165, 1.54) is 12.1 Å². The van der Waals surface area contributed by atoms with Crippen LogP contribution in [0.3, 0.4) is 0 Å². The summed E-state index contributed by atoms with van der Waals surface area (Å²) in [4.78, 5) is 0. The van der Waals surface area contributed by atoms with Crippen LogP contribution in [0.2, 0.25) is 0 Å². The van der Waals surface area contributed by atoms with Crippen molar-refractivity contribution in [3.05, 3.63) is 34.3 Å². The average Bonchev–Trinajstić information content (AvgIpc) is 2.31. The normalized spacial score (nSPS) is 22.1. The number of nitrogens with one attached hydrogen (secondary N) is 1. The van der Waals surface area contributed by atoms with Crippen molar-refractivity contribution in [2.45, 2.75) is 31.2 Å². The summed E-state index contributed by atoms with van der Waals surface area (Å²) in [5.41, 5.74) is 0.0927. The maximum Gasteiger partial charge on any atom is 0.288 e. The van der Waals surface area contributed by atoms with Gasteiger partial charge in [0.15, 0.2) is 0 Å². The van der Waals surface area contributed by atoms with Gasteiger partial charge >= 0.3 is 0 Å². The molecule has 2 rings (SSSR count). The van der Waals surface area contributed by atoms with E-state index < -0.39 is 12.0 Å². The second-order valence-corrected chi connectivity index (χ2v) is 5.05. The van der Waals surface area contributed by atoms with Crippen LogP contribution in [-0.4, -0.2) is 12.6 Å². The first-order valence-corrected chi connectivity index (χ1v) is 6.27. The first-order chi connectivity index (χ1) is 7.60. The quantitative estimate of drug-likeness (QED) is 0.876. The standard InChI is InChI=1S/C12H14BrF2N/c13-10-6-4-9(5-7-10)12(14,15)11-3-1-2-8-16-11/h4-7,11,16H,1-3,8H2. The summed E-state index contributed by atoms with van der Waals surface area (Å²) in [5.74, 6) is -2.78. The Hall–Kier alpha value is -0.480. The predicted octanol–water partition coefficient (Wildman–Crippen LogP) is 3.68. The molecule has 1 heterocycles. The molecular weight excluding hydrogens is 276 g/mol. The second-order valence-electron chi connectivity index (χ2n) is 4.13. The summed E-state index contributed by atoms with van der Waals surface area (Å²) in [6.07, 6.45) is 2.42. The summed E-state index contributed by atoms with van der Waals surface area (Å²) in [5, 5.41) is 2.91. The number of benzene rings is 1. The van der Waals surface area contributed by atoms with Crippen LogP contribution in [0.4, 0.5) is 8.78 Å². The largest absolute Gasteiger partial charge is 0.308 e. The lowest BCUT2D eigenvalue weighted by Gasteiger charge is -2.31. The lowest BCUT2D eigenvalue weighted by Crippen LogP contribution is -2.45. The van der Waals surface area contributed by atoms with Gasteiger partial charge < -0.3 is 5.32 Å². The van der Waals surface area contributed by atoms with E-state index in [-0.39, 0.29) is 5.56 Å². The monoisotopic (exact) mass is 289 g/mol. The van der Waals surface area contributed by atoms with Crippen LogP contribution < -0.4 is 5.32 Å². The third-order valence-electron chi connectivity index (χ3n) is 2.98. The molecule has 0 aromatic heterocycles. The van der Waals surface area contributed by atoms with Crippen LogP contribution in [0, 0.1) is 0 Å². The van der Waals surface area contributed by atoms with Gasteiger partial charge in [0.1, 0.15) is 0 Å². The van der Waals surface area contributed by atoms with Crippen molar-refractivity contribution < 1.29 is 8.78 Å². The van der Waals surface area contributed by atoms with E-state index in [4.69, 9.17) is 0 Å². The molecule has 1 aromatic rings. The maximum atomic E-state index is 14.1. The van der Waals surface area contributed by atoms with Crippen LogP contribution in [0.5, 0.6) is 0 Å². The topological polar surface area (TPSA) is 12.0 Å². The molecule has 0 saturated carbocycles. The fourth-order valence-electron chi connectivity index (χ4n) is 2.03. The lowest BCUT2D eigenvalue weighted by molar-refractivity contribution is -0.0512. The number of hydrogen-bond donors (Lipinski definition) is 1. The number of piperidine rings is 1. The molecule has 0 radical (unpaired) electrons. The number of hydrogen-bond acceptors (Lipinski definition) is 1. The summed E-state index contributed by atoms with van der Waals surface area (Å²) in [7, 11) is 0. The Morgan fingerprint density at radius 2 is 1.88 bits per heavy atom. The van der Waals surface area contributed by atoms with Gasteiger partial charge in [-0.15, -0.1) is 0 Å². The summed E-state index contributed by atoms with van der Waals surface area (Å²) < 4.78 is 29.0. The smallest absolute Gasteiger partial charge is 0.288 e. The molecule has 0 amide bonds. The van der Waals surface area contributed by atoms with Crippen molar-refractivity contribution in [3.8, 4) is 0 Å². The fraction of sp³-hybridized carbons (Fsp3) is 0.500. The van der Waals surface area contributed by atoms with Crippen molar-refractivity contribution in [1.29, 1.82) is 0 Å². The Morgan fingerprint density at radius 1 is 1.19 bits per heavy atom. The molecule has 1 N–H and O–H groups in total. The van der Waals surface area contributed by atoms with E-state index >= 15 is 0 Å². The summed E-state index contributed by atoms with van der Waals surface area (Å²) in [6.45, 7) is 0.691. The van der Waals surface area contributed by atoms with E-state index in [0.29, 0.717) is 13.0 Å². The molecule has 88 valence electrons. The van der Waals surface area contributed by atoms with Crippen molar-refractivity contribution in [3.63, 3.8) is 0 Å². The molecule has 4 heteroatoms. The number of halogens is 3. The Labute approximate surface area is 102 Å². The Morgan fingerprint density at radius 3 is 2.44 bits per heavy atom. The highest BCUT2D eigenvalue weighted by atomic mass is 79.9. The molecule has 1 atom stereocenters. The predicted molar refractivity (Wildman–Crippen MR) is 63.7 cm³/mol. The third kappa shape index (κ3) is 2.43. The van der Waals surface area contributed by atoms with Crippen LogP contribution in [0.15, 0.2) is 28.7 Å². The van der Waals surface area contributed by atoms with Gasteiger partial charge in [-0.25, -0.2) is 0 Å². The molecule has 0 bridgehead atoms. The van der Waals surface area contributed by atoms with Gasteiger partial charge in [0.2, 0.25) is 0 Å². The maximum absolute atomic E-state index is 14.1. The Kier molecular flexibility index (Phi) is 3.60. The minimum absolute atomic E-state index is 0.0927. The third-order valence-corrected chi connectivity index (χ3v) is 3.51. The second kappa shape index (κ2) is 4.80. The van der Waals surface area contributed by atoms with Gasteiger partial charge in [0.05, 0.1) is 6.04 Å². The zero-order chi connectivity index (χ0) is 11.6. The molecule has 0 spiro atoms. The van der Waals surface area contributed by atoms with E-state index in [2.05, 4.69) is 21.2 Å². The molecule has 1 unspecified atom stereocenters. The first-order valence-electron chi connectivity index (χ1n) is 5.48. The number of rotatable bonds is 2. The molecule has 1 nitrogen and oxygen atoms in total. The van der Waals surface area contributed by atoms with Crippen LogP contribution in [0.1, 0.15) is 24.8 Å². The average molecular weight is 290 g/mol. The molecule has 1 fully saturated rings. The molecule has 1 aliphatic rings. The van der Waals surface area contributed by atoms with Crippen LogP contribution >= 0.6 is 15.9 Å². The van der Waals surface area contributed by atoms with Crippen molar-refractivity contribution in [2.24, 2.45) is 0 Å². The van der Waals surface area contributed by atoms with Gasteiger partial charge in [-0.3, -0.25) is 0 Å². The van der Waals surface area contributed by atoms with Gasteiger partial charge in [0.25, 0.3) is 5.92 Å². The Bertz CT molecular complexity index is 345. The minimum Gasteiger partial charge on any atom is -0.308 e. The summed E-state index contributed by atoms with van der Waals surface area (Å²) >= 11 is 3.25. The van der Waals surface area contributed by atoms with Gasteiger partial charge in [0, 0.05) is 10.0 Å². The molecule has 16 heavy (non-hydrogen) atoms. The lowest BCUT2D eigenvalue weighted by atomic mass is 9.94. The molecule has 1 aliphatic heterocycles. The highest BCUT2D eigenvalue weighted by Crippen LogP contribution is 2.35. The SMILES string of the molecule is FC(F)(c1ccc(Br)cc1)C1CCCCN1. The Balaban J connectivity index is 2.19.